The number of rotatable bonds is 8. The highest BCUT2D eigenvalue weighted by atomic mass is 28.4. The van der Waals surface area contributed by atoms with Crippen LogP contribution in [0.2, 0.25) is 12.6 Å². The fourth-order valence-electron chi connectivity index (χ4n) is 1.06. The van der Waals surface area contributed by atoms with Gasteiger partial charge in [0.2, 0.25) is 0 Å². The largest absolute Gasteiger partial charge is 0.398 e. The van der Waals surface area contributed by atoms with Gasteiger partial charge in [-0.05, 0) is 25.4 Å². The molecule has 0 radical (unpaired) electrons. The highest BCUT2D eigenvalue weighted by Crippen LogP contribution is 2.14. The van der Waals surface area contributed by atoms with Crippen LogP contribution < -0.4 is 11.3 Å². The van der Waals surface area contributed by atoms with Crippen molar-refractivity contribution in [1.29, 1.82) is 0 Å². The normalized spacial score (nSPS) is 15.7. The number of nitrogens with two attached hydrogens (primary N) is 1. The van der Waals surface area contributed by atoms with Crippen LogP contribution in [0.25, 0.3) is 0 Å². The van der Waals surface area contributed by atoms with Gasteiger partial charge in [0.25, 0.3) is 0 Å². The van der Waals surface area contributed by atoms with Crippen molar-refractivity contribution in [3.8, 4) is 0 Å². The Morgan fingerprint density at radius 1 is 1.46 bits per heavy atom. The lowest BCUT2D eigenvalue weighted by Crippen LogP contribution is -2.38. The zero-order valence-electron chi connectivity index (χ0n) is 8.93. The molecule has 13 heavy (non-hydrogen) atoms. The van der Waals surface area contributed by atoms with Crippen molar-refractivity contribution in [1.82, 2.24) is 5.43 Å². The van der Waals surface area contributed by atoms with Gasteiger partial charge < -0.3 is 8.85 Å². The minimum absolute atomic E-state index is 0.798. The molecule has 0 bridgehead atoms. The van der Waals surface area contributed by atoms with Gasteiger partial charge in [0, 0.05) is 20.3 Å². The molecular formula is C8H22N2O2Si. The van der Waals surface area contributed by atoms with Crippen molar-refractivity contribution in [3.05, 3.63) is 0 Å². The van der Waals surface area contributed by atoms with Crippen LogP contribution in [0.3, 0.4) is 0 Å². The summed E-state index contributed by atoms with van der Waals surface area (Å²) < 4.78 is 11.2. The molecule has 0 aliphatic heterocycles. The molecule has 0 heterocycles. The Morgan fingerprint density at radius 2 is 2.15 bits per heavy atom. The van der Waals surface area contributed by atoms with Crippen LogP contribution in [0.15, 0.2) is 0 Å². The summed E-state index contributed by atoms with van der Waals surface area (Å²) in [5.41, 5.74) is 2.63. The molecule has 0 spiro atoms. The topological polar surface area (TPSA) is 56.5 Å². The molecule has 3 N–H and O–H groups in total. The zero-order valence-corrected chi connectivity index (χ0v) is 9.93. The minimum atomic E-state index is -1.88. The molecule has 0 fully saturated rings. The lowest BCUT2D eigenvalue weighted by molar-refractivity contribution is 0.204. The predicted molar refractivity (Wildman–Crippen MR) is 56.5 cm³/mol. The maximum atomic E-state index is 5.72. The monoisotopic (exact) mass is 206 g/mol. The maximum Gasteiger partial charge on any atom is 0.334 e. The van der Waals surface area contributed by atoms with Crippen LogP contribution in [0.4, 0.5) is 0 Å². The van der Waals surface area contributed by atoms with E-state index in [2.05, 4.69) is 18.9 Å². The summed E-state index contributed by atoms with van der Waals surface area (Å²) >= 11 is 0. The summed E-state index contributed by atoms with van der Waals surface area (Å²) in [6.45, 7) is 5.82. The first kappa shape index (κ1) is 13.1. The summed E-state index contributed by atoms with van der Waals surface area (Å²) in [4.78, 5) is 0. The second-order valence-corrected chi connectivity index (χ2v) is 6.71. The van der Waals surface area contributed by atoms with Crippen LogP contribution in [0.5, 0.6) is 0 Å². The van der Waals surface area contributed by atoms with Gasteiger partial charge in [-0.2, -0.15) is 0 Å². The first-order chi connectivity index (χ1) is 6.18. The van der Waals surface area contributed by atoms with E-state index < -0.39 is 8.56 Å². The van der Waals surface area contributed by atoms with Crippen molar-refractivity contribution in [2.75, 3.05) is 20.3 Å². The molecule has 1 unspecified atom stereocenters. The van der Waals surface area contributed by atoms with E-state index in [0.29, 0.717) is 0 Å². The summed E-state index contributed by atoms with van der Waals surface area (Å²) in [6.07, 6.45) is 2.05. The zero-order chi connectivity index (χ0) is 10.2. The van der Waals surface area contributed by atoms with E-state index in [1.54, 1.807) is 7.11 Å². The van der Waals surface area contributed by atoms with Crippen LogP contribution in [-0.4, -0.2) is 28.8 Å². The molecule has 0 aromatic heterocycles. The fourth-order valence-corrected chi connectivity index (χ4v) is 2.98. The van der Waals surface area contributed by atoms with E-state index in [4.69, 9.17) is 14.7 Å². The Balaban J connectivity index is 3.67. The molecule has 0 aromatic carbocycles. The molecule has 0 saturated heterocycles. The third kappa shape index (κ3) is 6.17. The molecule has 0 amide bonds. The summed E-state index contributed by atoms with van der Waals surface area (Å²) in [5, 5.41) is 0. The molecular weight excluding hydrogens is 184 g/mol. The fraction of sp³-hybridized carbons (Fsp3) is 1.00. The molecule has 0 rings (SSSR count). The minimum Gasteiger partial charge on any atom is -0.398 e. The smallest absolute Gasteiger partial charge is 0.334 e. The Labute approximate surface area is 82.0 Å². The van der Waals surface area contributed by atoms with E-state index in [1.807, 2.05) is 0 Å². The van der Waals surface area contributed by atoms with E-state index in [1.165, 1.54) is 0 Å². The third-order valence-electron chi connectivity index (χ3n) is 2.00. The Morgan fingerprint density at radius 3 is 2.62 bits per heavy atom. The summed E-state index contributed by atoms with van der Waals surface area (Å²) in [6, 6.07) is 0.994. The van der Waals surface area contributed by atoms with E-state index in [9.17, 15) is 0 Å². The average Bonchev–Trinajstić information content (AvgIpc) is 2.15. The van der Waals surface area contributed by atoms with Gasteiger partial charge in [0.15, 0.2) is 0 Å². The average molecular weight is 206 g/mol. The SMILES string of the molecule is CCCO[Si](C)(CCCNN)OC. The molecule has 80 valence electrons. The van der Waals surface area contributed by atoms with Gasteiger partial charge in [0.1, 0.15) is 0 Å². The second kappa shape index (κ2) is 7.46. The molecule has 4 nitrogen and oxygen atoms in total. The van der Waals surface area contributed by atoms with Gasteiger partial charge in [-0.1, -0.05) is 6.92 Å². The Bertz CT molecular complexity index is 127. The molecule has 0 saturated carbocycles. The van der Waals surface area contributed by atoms with Crippen molar-refractivity contribution >= 4 is 8.56 Å². The van der Waals surface area contributed by atoms with E-state index >= 15 is 0 Å². The van der Waals surface area contributed by atoms with Crippen molar-refractivity contribution < 1.29 is 8.85 Å². The van der Waals surface area contributed by atoms with Crippen LogP contribution in [0, 0.1) is 0 Å². The Kier molecular flexibility index (Phi) is 7.49. The molecule has 1 atom stereocenters. The van der Waals surface area contributed by atoms with E-state index in [0.717, 1.165) is 32.0 Å². The van der Waals surface area contributed by atoms with Gasteiger partial charge in [0.05, 0.1) is 0 Å². The predicted octanol–water partition coefficient (Wildman–Crippen LogP) is 0.985. The van der Waals surface area contributed by atoms with Crippen molar-refractivity contribution in [3.63, 3.8) is 0 Å². The molecule has 0 aliphatic rings. The van der Waals surface area contributed by atoms with Crippen LogP contribution in [0.1, 0.15) is 19.8 Å². The number of hydrazine groups is 1. The van der Waals surface area contributed by atoms with Crippen LogP contribution >= 0.6 is 0 Å². The van der Waals surface area contributed by atoms with Gasteiger partial charge in [-0.25, -0.2) is 0 Å². The third-order valence-corrected chi connectivity index (χ3v) is 4.94. The molecule has 0 aromatic rings. The molecule has 5 heteroatoms. The quantitative estimate of drug-likeness (QED) is 0.269. The Hall–Kier alpha value is 0.0569. The summed E-state index contributed by atoms with van der Waals surface area (Å²) in [5.74, 6) is 5.18. The highest BCUT2D eigenvalue weighted by Gasteiger charge is 2.28. The van der Waals surface area contributed by atoms with Gasteiger partial charge in [-0.15, -0.1) is 0 Å². The van der Waals surface area contributed by atoms with Crippen LogP contribution in [-0.2, 0) is 8.85 Å². The van der Waals surface area contributed by atoms with Gasteiger partial charge >= 0.3 is 8.56 Å². The van der Waals surface area contributed by atoms with Crippen molar-refractivity contribution in [2.45, 2.75) is 32.4 Å². The standard InChI is InChI=1S/C8H22N2O2Si/c1-4-7-12-13(3,11-2)8-5-6-10-9/h10H,4-9H2,1-3H3. The van der Waals surface area contributed by atoms with Gasteiger partial charge in [-0.3, -0.25) is 11.3 Å². The first-order valence-corrected chi connectivity index (χ1v) is 7.33. The number of nitrogens with one attached hydrogen (secondary N) is 1. The van der Waals surface area contributed by atoms with E-state index in [-0.39, 0.29) is 0 Å². The highest BCUT2D eigenvalue weighted by molar-refractivity contribution is 6.65. The number of hydrogen-bond acceptors (Lipinski definition) is 4. The number of hydrogen-bond donors (Lipinski definition) is 2. The lowest BCUT2D eigenvalue weighted by atomic mass is 10.5. The molecule has 0 aliphatic carbocycles. The lowest BCUT2D eigenvalue weighted by Gasteiger charge is -2.24. The first-order valence-electron chi connectivity index (χ1n) is 4.81. The van der Waals surface area contributed by atoms with Crippen molar-refractivity contribution in [2.24, 2.45) is 5.84 Å². The summed E-state index contributed by atoms with van der Waals surface area (Å²) in [7, 11) is -0.143. The second-order valence-electron chi connectivity index (χ2n) is 3.24. The maximum absolute atomic E-state index is 5.72.